The molecule has 5 nitrogen and oxygen atoms in total. The zero-order valence-corrected chi connectivity index (χ0v) is 9.54. The lowest BCUT2D eigenvalue weighted by Gasteiger charge is -2.06. The number of sulfone groups is 1. The Balaban J connectivity index is 3.24. The topological polar surface area (TPSA) is 82.3 Å². The standard InChI is InChI=1S/C9H14N2O3S/c1-3-6-15(12,13)9-7(10)4-5-8(11-9)14-2/h4-5H,3,6,10H2,1-2H3. The molecule has 6 heteroatoms. The Morgan fingerprint density at radius 3 is 2.67 bits per heavy atom. The smallest absolute Gasteiger partial charge is 0.214 e. The molecule has 2 N–H and O–H groups in total. The molecule has 0 saturated heterocycles. The number of methoxy groups -OCH3 is 1. The minimum atomic E-state index is -3.39. The van der Waals surface area contributed by atoms with Gasteiger partial charge in [-0.25, -0.2) is 8.42 Å². The van der Waals surface area contributed by atoms with Gasteiger partial charge in [-0.15, -0.1) is 0 Å². The number of nitrogen functional groups attached to an aromatic ring is 1. The first-order valence-electron chi connectivity index (χ1n) is 4.54. The molecule has 0 aliphatic heterocycles. The second kappa shape index (κ2) is 4.48. The van der Waals surface area contributed by atoms with Gasteiger partial charge in [0.25, 0.3) is 0 Å². The van der Waals surface area contributed by atoms with Gasteiger partial charge in [0.2, 0.25) is 5.88 Å². The molecule has 0 atom stereocenters. The van der Waals surface area contributed by atoms with Gasteiger partial charge in [-0.3, -0.25) is 0 Å². The predicted molar refractivity (Wildman–Crippen MR) is 57.5 cm³/mol. The third-order valence-electron chi connectivity index (χ3n) is 1.84. The highest BCUT2D eigenvalue weighted by Gasteiger charge is 2.19. The summed E-state index contributed by atoms with van der Waals surface area (Å²) in [5.74, 6) is 0.288. The van der Waals surface area contributed by atoms with Gasteiger partial charge < -0.3 is 10.5 Å². The highest BCUT2D eigenvalue weighted by molar-refractivity contribution is 7.91. The number of hydrogen-bond acceptors (Lipinski definition) is 5. The van der Waals surface area contributed by atoms with E-state index in [1.807, 2.05) is 0 Å². The molecule has 1 rings (SSSR count). The first-order chi connectivity index (χ1) is 7.01. The van der Waals surface area contributed by atoms with Crippen LogP contribution in [0.5, 0.6) is 5.88 Å². The molecule has 0 aliphatic carbocycles. The van der Waals surface area contributed by atoms with Gasteiger partial charge in [0.1, 0.15) is 0 Å². The van der Waals surface area contributed by atoms with Gasteiger partial charge >= 0.3 is 0 Å². The Kier molecular flexibility index (Phi) is 3.52. The molecular weight excluding hydrogens is 216 g/mol. The summed E-state index contributed by atoms with van der Waals surface area (Å²) in [6, 6.07) is 3.01. The molecule has 0 bridgehead atoms. The Labute approximate surface area is 89.2 Å². The fourth-order valence-corrected chi connectivity index (χ4v) is 2.55. The molecule has 1 heterocycles. The lowest BCUT2D eigenvalue weighted by atomic mass is 10.4. The lowest BCUT2D eigenvalue weighted by molar-refractivity contribution is 0.394. The zero-order chi connectivity index (χ0) is 11.5. The maximum absolute atomic E-state index is 11.7. The van der Waals surface area contributed by atoms with Crippen molar-refractivity contribution in [2.24, 2.45) is 0 Å². The van der Waals surface area contributed by atoms with E-state index in [1.54, 1.807) is 6.92 Å². The summed E-state index contributed by atoms with van der Waals surface area (Å²) in [7, 11) is -1.96. The maximum atomic E-state index is 11.7. The van der Waals surface area contributed by atoms with E-state index in [1.165, 1.54) is 19.2 Å². The molecule has 0 amide bonds. The number of pyridine rings is 1. The van der Waals surface area contributed by atoms with Crippen LogP contribution in [0.3, 0.4) is 0 Å². The summed E-state index contributed by atoms with van der Waals surface area (Å²) in [6.45, 7) is 1.79. The molecule has 0 spiro atoms. The van der Waals surface area contributed by atoms with Gasteiger partial charge in [-0.1, -0.05) is 6.92 Å². The average molecular weight is 230 g/mol. The number of ether oxygens (including phenoxy) is 1. The highest BCUT2D eigenvalue weighted by atomic mass is 32.2. The van der Waals surface area contributed by atoms with Crippen molar-refractivity contribution in [3.63, 3.8) is 0 Å². The normalized spacial score (nSPS) is 11.3. The minimum absolute atomic E-state index is 0.0391. The number of hydrogen-bond donors (Lipinski definition) is 1. The Hall–Kier alpha value is -1.30. The fraction of sp³-hybridized carbons (Fsp3) is 0.444. The van der Waals surface area contributed by atoms with Gasteiger partial charge in [-0.2, -0.15) is 4.98 Å². The van der Waals surface area contributed by atoms with Gasteiger partial charge in [0.15, 0.2) is 14.9 Å². The quantitative estimate of drug-likeness (QED) is 0.829. The number of aromatic nitrogens is 1. The molecule has 0 unspecified atom stereocenters. The molecule has 84 valence electrons. The number of anilines is 1. The molecule has 0 fully saturated rings. The molecular formula is C9H14N2O3S. The van der Waals surface area contributed by atoms with Crippen LogP contribution in [0.2, 0.25) is 0 Å². The van der Waals surface area contributed by atoms with Crippen molar-refractivity contribution in [1.82, 2.24) is 4.98 Å². The second-order valence-corrected chi connectivity index (χ2v) is 5.09. The van der Waals surface area contributed by atoms with Gasteiger partial charge in [-0.05, 0) is 12.5 Å². The van der Waals surface area contributed by atoms with E-state index in [0.717, 1.165) is 0 Å². The number of nitrogens with zero attached hydrogens (tertiary/aromatic N) is 1. The molecule has 1 aromatic heterocycles. The van der Waals surface area contributed by atoms with Crippen molar-refractivity contribution in [2.45, 2.75) is 18.4 Å². The zero-order valence-electron chi connectivity index (χ0n) is 8.73. The molecule has 15 heavy (non-hydrogen) atoms. The fourth-order valence-electron chi connectivity index (χ4n) is 1.16. The minimum Gasteiger partial charge on any atom is -0.481 e. The number of nitrogens with two attached hydrogens (primary N) is 1. The van der Waals surface area contributed by atoms with Crippen LogP contribution in [0.1, 0.15) is 13.3 Å². The van der Waals surface area contributed by atoms with E-state index in [0.29, 0.717) is 6.42 Å². The molecule has 0 radical (unpaired) electrons. The van der Waals surface area contributed by atoms with Crippen LogP contribution in [-0.4, -0.2) is 26.3 Å². The SMILES string of the molecule is CCCS(=O)(=O)c1nc(OC)ccc1N. The molecule has 0 aromatic carbocycles. The first kappa shape index (κ1) is 11.8. The van der Waals surface area contributed by atoms with E-state index in [4.69, 9.17) is 10.5 Å². The van der Waals surface area contributed by atoms with Crippen LogP contribution in [0.15, 0.2) is 17.2 Å². The Morgan fingerprint density at radius 1 is 1.47 bits per heavy atom. The largest absolute Gasteiger partial charge is 0.481 e. The van der Waals surface area contributed by atoms with Crippen LogP contribution in [0.4, 0.5) is 5.69 Å². The summed E-state index contributed by atoms with van der Waals surface area (Å²) in [5.41, 5.74) is 5.72. The average Bonchev–Trinajstić information content (AvgIpc) is 2.18. The summed E-state index contributed by atoms with van der Waals surface area (Å²) in [5, 5.41) is -0.0938. The van der Waals surface area contributed by atoms with Crippen LogP contribution in [0.25, 0.3) is 0 Å². The van der Waals surface area contributed by atoms with E-state index >= 15 is 0 Å². The third-order valence-corrected chi connectivity index (χ3v) is 3.70. The Bertz CT molecular complexity index is 443. The van der Waals surface area contributed by atoms with Crippen molar-refractivity contribution in [3.8, 4) is 5.88 Å². The second-order valence-electron chi connectivity index (χ2n) is 3.07. The molecule has 0 aliphatic rings. The monoisotopic (exact) mass is 230 g/mol. The summed E-state index contributed by atoms with van der Waals surface area (Å²) in [6.07, 6.45) is 0.528. The lowest BCUT2D eigenvalue weighted by Crippen LogP contribution is -2.11. The summed E-state index contributed by atoms with van der Waals surface area (Å²) in [4.78, 5) is 3.85. The summed E-state index contributed by atoms with van der Waals surface area (Å²) < 4.78 is 28.3. The van der Waals surface area contributed by atoms with E-state index < -0.39 is 9.84 Å². The Morgan fingerprint density at radius 2 is 2.13 bits per heavy atom. The van der Waals surface area contributed by atoms with Crippen molar-refractivity contribution in [1.29, 1.82) is 0 Å². The first-order valence-corrected chi connectivity index (χ1v) is 6.19. The van der Waals surface area contributed by atoms with Crippen LogP contribution >= 0.6 is 0 Å². The van der Waals surface area contributed by atoms with E-state index in [-0.39, 0.29) is 22.3 Å². The van der Waals surface area contributed by atoms with E-state index in [9.17, 15) is 8.42 Å². The highest BCUT2D eigenvalue weighted by Crippen LogP contribution is 2.20. The van der Waals surface area contributed by atoms with Crippen molar-refractivity contribution < 1.29 is 13.2 Å². The summed E-state index contributed by atoms with van der Waals surface area (Å²) >= 11 is 0. The molecule has 0 saturated carbocycles. The van der Waals surface area contributed by atoms with Gasteiger partial charge in [0.05, 0.1) is 18.6 Å². The van der Waals surface area contributed by atoms with E-state index in [2.05, 4.69) is 4.98 Å². The van der Waals surface area contributed by atoms with Crippen LogP contribution in [-0.2, 0) is 9.84 Å². The third kappa shape index (κ3) is 2.59. The predicted octanol–water partition coefficient (Wildman–Crippen LogP) is 0.856. The van der Waals surface area contributed by atoms with Crippen molar-refractivity contribution in [3.05, 3.63) is 12.1 Å². The maximum Gasteiger partial charge on any atom is 0.214 e. The van der Waals surface area contributed by atoms with Crippen molar-refractivity contribution >= 4 is 15.5 Å². The van der Waals surface area contributed by atoms with Crippen LogP contribution < -0.4 is 10.5 Å². The molecule has 1 aromatic rings. The van der Waals surface area contributed by atoms with Gasteiger partial charge in [0, 0.05) is 6.07 Å². The number of rotatable bonds is 4. The van der Waals surface area contributed by atoms with Crippen molar-refractivity contribution in [2.75, 3.05) is 18.6 Å². The van der Waals surface area contributed by atoms with Crippen LogP contribution in [0, 0.1) is 0 Å².